The summed E-state index contributed by atoms with van der Waals surface area (Å²) in [6.45, 7) is -0.250. The van der Waals surface area contributed by atoms with Crippen LogP contribution < -0.4 is 0 Å². The van der Waals surface area contributed by atoms with Crippen LogP contribution in [0.3, 0.4) is 0 Å². The third kappa shape index (κ3) is 57.2. The predicted octanol–water partition coefficient (Wildman–Crippen LogP) is -1.28. The molecule has 0 saturated carbocycles. The van der Waals surface area contributed by atoms with E-state index >= 15 is 0 Å². The molecule has 3 N–H and O–H groups in total. The van der Waals surface area contributed by atoms with E-state index in [4.69, 9.17) is 9.90 Å². The van der Waals surface area contributed by atoms with E-state index < -0.39 is 0 Å². The topological polar surface area (TPSA) is 68.8 Å². The molecule has 0 atom stereocenters. The fourth-order valence-electron chi connectivity index (χ4n) is 0. The molecule has 0 bridgehead atoms. The molecule has 0 aliphatic heterocycles. The second-order valence-corrected chi connectivity index (χ2v) is 0.105. The Morgan fingerprint density at radius 2 is 1.80 bits per heavy atom. The molecule has 4 heteroatoms. The molecule has 0 aromatic heterocycles. The summed E-state index contributed by atoms with van der Waals surface area (Å²) < 4.78 is 0. The minimum atomic E-state index is -0.250. The van der Waals surface area contributed by atoms with Gasteiger partial charge in [-0.1, -0.05) is 0 Å². The first-order valence-electron chi connectivity index (χ1n) is 0.494. The molecule has 0 saturated heterocycles. The molecule has 0 aliphatic rings. The average Bonchev–Trinajstić information content (AvgIpc) is 0.918. The number of carboxylic acid groups (broad SMARTS) is 1. The third-order valence-electron chi connectivity index (χ3n) is 0. The quantitative estimate of drug-likeness (QED) is 0.288. The van der Waals surface area contributed by atoms with Gasteiger partial charge in [0.1, 0.15) is 0 Å². The van der Waals surface area contributed by atoms with Crippen molar-refractivity contribution in [2.75, 3.05) is 0 Å². The fraction of sp³-hybridized carbons (Fsp3) is 0. The molecule has 3 nitrogen and oxygen atoms in total. The largest absolute Gasteiger partial charge is 2.00 e. The zero-order chi connectivity index (χ0) is 2.71. The smallest absolute Gasteiger partial charge is 1.00 e. The summed E-state index contributed by atoms with van der Waals surface area (Å²) in [5, 5.41) is 6.89. The van der Waals surface area contributed by atoms with Crippen LogP contribution in [0.1, 0.15) is 2.85 Å². The van der Waals surface area contributed by atoms with E-state index in [1.54, 1.807) is 0 Å². The average molecular weight is 75.1 g/mol. The van der Waals surface area contributed by atoms with E-state index in [1.807, 2.05) is 0 Å². The van der Waals surface area contributed by atoms with Crippen LogP contribution in [0.4, 0.5) is 0 Å². The Hall–Kier alpha value is -0.401. The molecule has 0 rings (SSSR count). The van der Waals surface area contributed by atoms with Crippen LogP contribution in [0, 0.1) is 0 Å². The van der Waals surface area contributed by atoms with E-state index in [2.05, 4.69) is 0 Å². The number of hydrogen-bond donors (Lipinski definition) is 1. The third-order valence-corrected chi connectivity index (χ3v) is 0. The normalized spacial score (nSPS) is 2.40. The molecule has 0 aliphatic carbocycles. The Morgan fingerprint density at radius 1 is 1.80 bits per heavy atom. The van der Waals surface area contributed by atoms with Crippen LogP contribution in [-0.2, 0) is 4.79 Å². The molecule has 0 amide bonds. The Labute approximate surface area is 36.1 Å². The maximum Gasteiger partial charge on any atom is 2.00 e. The minimum Gasteiger partial charge on any atom is -1.00 e. The van der Waals surface area contributed by atoms with Gasteiger partial charge in [0.15, 0.2) is 0 Å². The Balaban J connectivity index is -0.00000000333. The maximum atomic E-state index is 8.36. The molecule has 5 heavy (non-hydrogen) atoms. The van der Waals surface area contributed by atoms with Crippen LogP contribution in [0.15, 0.2) is 0 Å². The van der Waals surface area contributed by atoms with Gasteiger partial charge in [-0.2, -0.15) is 0 Å². The first kappa shape index (κ1) is 23.3. The van der Waals surface area contributed by atoms with Crippen molar-refractivity contribution in [1.29, 1.82) is 0 Å². The SMILES string of the molecule is O.O=CO.[Be+2].[H-].[H-]. The number of carbonyl (C=O) groups is 1. The molecule has 0 radical (unpaired) electrons. The fourth-order valence-corrected chi connectivity index (χ4v) is 0. The van der Waals surface area contributed by atoms with E-state index in [0.717, 1.165) is 0 Å². The van der Waals surface area contributed by atoms with Gasteiger partial charge in [0.2, 0.25) is 0 Å². The second-order valence-electron chi connectivity index (χ2n) is 0.105. The van der Waals surface area contributed by atoms with Crippen molar-refractivity contribution in [3.05, 3.63) is 0 Å². The molecule has 30 valence electrons. The summed E-state index contributed by atoms with van der Waals surface area (Å²) in [5.41, 5.74) is 0. The van der Waals surface area contributed by atoms with Crippen LogP contribution >= 0.6 is 0 Å². The number of rotatable bonds is 0. The molecule has 0 unspecified atom stereocenters. The van der Waals surface area contributed by atoms with Gasteiger partial charge in [-0.15, -0.1) is 0 Å². The molecule has 0 aromatic rings. The van der Waals surface area contributed by atoms with Crippen LogP contribution in [-0.4, -0.2) is 27.2 Å². The Morgan fingerprint density at radius 3 is 1.80 bits per heavy atom. The molecular formula is CH6BeO3. The molecule has 0 aromatic carbocycles. The summed E-state index contributed by atoms with van der Waals surface area (Å²) in [7, 11) is 0. The monoisotopic (exact) mass is 75.0 g/mol. The van der Waals surface area contributed by atoms with Crippen molar-refractivity contribution in [2.24, 2.45) is 0 Å². The molecule has 0 spiro atoms. The zero-order valence-corrected chi connectivity index (χ0v) is 2.64. The standard InChI is InChI=1S/CH2O2.Be.H2O.2H/c2-1-3;;;;/h1H,(H,2,3);;1H2;;/q;+2;;2*-1. The second kappa shape index (κ2) is 67.8. The first-order valence-corrected chi connectivity index (χ1v) is 0.494. The summed E-state index contributed by atoms with van der Waals surface area (Å²) >= 11 is 0. The van der Waals surface area contributed by atoms with Crippen molar-refractivity contribution >= 4 is 16.6 Å². The van der Waals surface area contributed by atoms with Crippen LogP contribution in [0.5, 0.6) is 0 Å². The number of hydrogen-bond acceptors (Lipinski definition) is 1. The van der Waals surface area contributed by atoms with Gasteiger partial charge in [0.25, 0.3) is 6.47 Å². The van der Waals surface area contributed by atoms with E-state index in [9.17, 15) is 0 Å². The minimum absolute atomic E-state index is 0. The summed E-state index contributed by atoms with van der Waals surface area (Å²) in [6, 6.07) is 0. The van der Waals surface area contributed by atoms with Crippen molar-refractivity contribution < 1.29 is 18.2 Å². The van der Waals surface area contributed by atoms with E-state index in [-0.39, 0.29) is 24.9 Å². The summed E-state index contributed by atoms with van der Waals surface area (Å²) in [6.07, 6.45) is 0. The molecule has 0 heterocycles. The van der Waals surface area contributed by atoms with Crippen LogP contribution in [0.2, 0.25) is 0 Å². The van der Waals surface area contributed by atoms with E-state index in [0.29, 0.717) is 0 Å². The van der Waals surface area contributed by atoms with Gasteiger partial charge in [-0.3, -0.25) is 4.79 Å². The van der Waals surface area contributed by atoms with Gasteiger partial charge in [-0.05, 0) is 0 Å². The first-order chi connectivity index (χ1) is 1.41. The maximum absolute atomic E-state index is 8.36. The van der Waals surface area contributed by atoms with Gasteiger partial charge >= 0.3 is 10.1 Å². The Bertz CT molecular complexity index is 20.4. The summed E-state index contributed by atoms with van der Waals surface area (Å²) in [4.78, 5) is 8.36. The van der Waals surface area contributed by atoms with Gasteiger partial charge in [0, 0.05) is 0 Å². The van der Waals surface area contributed by atoms with Crippen LogP contribution in [0.25, 0.3) is 0 Å². The molecule has 0 fully saturated rings. The van der Waals surface area contributed by atoms with Gasteiger partial charge in [-0.25, -0.2) is 0 Å². The summed E-state index contributed by atoms with van der Waals surface area (Å²) in [5.74, 6) is 0. The molecular weight excluding hydrogens is 69.0 g/mol. The van der Waals surface area contributed by atoms with Crippen molar-refractivity contribution in [2.45, 2.75) is 0 Å². The van der Waals surface area contributed by atoms with Crippen molar-refractivity contribution in [3.8, 4) is 0 Å². The van der Waals surface area contributed by atoms with Crippen molar-refractivity contribution in [3.63, 3.8) is 0 Å². The Kier molecular flexibility index (Phi) is 316. The van der Waals surface area contributed by atoms with Crippen molar-refractivity contribution in [1.82, 2.24) is 0 Å². The zero-order valence-electron chi connectivity index (χ0n) is 4.64. The van der Waals surface area contributed by atoms with E-state index in [1.165, 1.54) is 0 Å². The van der Waals surface area contributed by atoms with Gasteiger partial charge < -0.3 is 13.4 Å². The van der Waals surface area contributed by atoms with Gasteiger partial charge in [0.05, 0.1) is 0 Å². The predicted molar refractivity (Wildman–Crippen MR) is 20.3 cm³/mol.